The quantitative estimate of drug-likeness (QED) is 0.563. The summed E-state index contributed by atoms with van der Waals surface area (Å²) in [5.41, 5.74) is 9.63. The van der Waals surface area contributed by atoms with Crippen LogP contribution in [0, 0.1) is 0 Å². The van der Waals surface area contributed by atoms with E-state index in [1.54, 1.807) is 4.68 Å². The van der Waals surface area contributed by atoms with Crippen LogP contribution >= 0.6 is 0 Å². The zero-order valence-electron chi connectivity index (χ0n) is 15.3. The van der Waals surface area contributed by atoms with Crippen molar-refractivity contribution in [2.75, 3.05) is 17.7 Å². The summed E-state index contributed by atoms with van der Waals surface area (Å²) in [6, 6.07) is 20.0. The maximum absolute atomic E-state index is 5.95. The molecule has 132 valence electrons. The first kappa shape index (κ1) is 17.5. The number of nitrogens with zero attached hydrogens (tertiary/aromatic N) is 4. The molecule has 0 unspecified atom stereocenters. The third-order valence-electron chi connectivity index (χ3n) is 4.13. The van der Waals surface area contributed by atoms with E-state index in [4.69, 9.17) is 10.7 Å². The number of para-hydroxylation sites is 2. The summed E-state index contributed by atoms with van der Waals surface area (Å²) in [6.45, 7) is 1.99. The lowest BCUT2D eigenvalue weighted by Gasteiger charge is -2.19. The van der Waals surface area contributed by atoms with Crippen LogP contribution in [-0.4, -0.2) is 22.7 Å². The third kappa shape index (κ3) is 3.67. The summed E-state index contributed by atoms with van der Waals surface area (Å²) >= 11 is 0. The number of aromatic nitrogens is 2. The molecule has 0 amide bonds. The lowest BCUT2D eigenvalue weighted by Crippen LogP contribution is -2.24. The molecule has 0 bridgehead atoms. The van der Waals surface area contributed by atoms with Crippen molar-refractivity contribution in [2.24, 2.45) is 12.0 Å². The Kier molecular flexibility index (Phi) is 5.17. The van der Waals surface area contributed by atoms with E-state index in [2.05, 4.69) is 22.1 Å². The van der Waals surface area contributed by atoms with Gasteiger partial charge in [-0.2, -0.15) is 5.10 Å². The summed E-state index contributed by atoms with van der Waals surface area (Å²) in [5, 5.41) is 4.49. The Bertz CT molecular complexity index is 919. The van der Waals surface area contributed by atoms with E-state index >= 15 is 0 Å². The van der Waals surface area contributed by atoms with Crippen molar-refractivity contribution in [3.05, 3.63) is 72.8 Å². The van der Waals surface area contributed by atoms with Crippen LogP contribution in [-0.2, 0) is 7.05 Å². The first-order valence-corrected chi connectivity index (χ1v) is 8.49. The minimum absolute atomic E-state index is 0.619. The van der Waals surface area contributed by atoms with Crippen LogP contribution in [0.2, 0.25) is 0 Å². The van der Waals surface area contributed by atoms with Gasteiger partial charge in [-0.1, -0.05) is 42.5 Å². The van der Waals surface area contributed by atoms with Gasteiger partial charge in [0, 0.05) is 31.4 Å². The highest BCUT2D eigenvalue weighted by atomic mass is 15.3. The van der Waals surface area contributed by atoms with Crippen molar-refractivity contribution in [3.63, 3.8) is 0 Å². The van der Waals surface area contributed by atoms with Crippen LogP contribution in [0.3, 0.4) is 0 Å². The number of rotatable bonds is 4. The highest BCUT2D eigenvalue weighted by molar-refractivity contribution is 6.07. The van der Waals surface area contributed by atoms with Crippen molar-refractivity contribution < 1.29 is 0 Å². The van der Waals surface area contributed by atoms with Gasteiger partial charge >= 0.3 is 0 Å². The van der Waals surface area contributed by atoms with Gasteiger partial charge in [-0.3, -0.25) is 4.68 Å². The Morgan fingerprint density at radius 1 is 1.12 bits per heavy atom. The van der Waals surface area contributed by atoms with Crippen LogP contribution in [0.25, 0.3) is 11.3 Å². The predicted molar refractivity (Wildman–Crippen MR) is 110 cm³/mol. The fourth-order valence-electron chi connectivity index (χ4n) is 2.68. The molecule has 0 radical (unpaired) electrons. The molecule has 3 rings (SSSR count). The summed E-state index contributed by atoms with van der Waals surface area (Å²) in [5.74, 6) is 1.46. The molecule has 0 saturated heterocycles. The third-order valence-corrected chi connectivity index (χ3v) is 4.13. The molecule has 0 aliphatic heterocycles. The molecule has 5 nitrogen and oxygen atoms in total. The SMILES string of the molecule is C/C=C\C(=Nc1ccccc1-c1cc(N)n(C)n1)N(C)c1ccccc1. The van der Waals surface area contributed by atoms with E-state index in [0.29, 0.717) is 5.82 Å². The fourth-order valence-corrected chi connectivity index (χ4v) is 2.68. The zero-order chi connectivity index (χ0) is 18.5. The molecule has 0 fully saturated rings. The molecular formula is C21H23N5. The van der Waals surface area contributed by atoms with E-state index in [-0.39, 0.29) is 0 Å². The van der Waals surface area contributed by atoms with Gasteiger partial charge in [0.05, 0.1) is 11.4 Å². The van der Waals surface area contributed by atoms with Crippen molar-refractivity contribution >= 4 is 23.0 Å². The maximum Gasteiger partial charge on any atom is 0.133 e. The van der Waals surface area contributed by atoms with Crippen LogP contribution in [0.1, 0.15) is 6.92 Å². The molecule has 0 aliphatic carbocycles. The number of allylic oxidation sites excluding steroid dienone is 1. The highest BCUT2D eigenvalue weighted by Crippen LogP contribution is 2.30. The molecular weight excluding hydrogens is 322 g/mol. The second-order valence-corrected chi connectivity index (χ2v) is 5.96. The summed E-state index contributed by atoms with van der Waals surface area (Å²) in [4.78, 5) is 6.96. The number of hydrogen-bond donors (Lipinski definition) is 1. The number of likely N-dealkylation sites (N-methyl/N-ethyl adjacent to an activating group) is 1. The molecule has 26 heavy (non-hydrogen) atoms. The molecule has 0 spiro atoms. The number of anilines is 2. The maximum atomic E-state index is 5.95. The Hall–Kier alpha value is -3.34. The van der Waals surface area contributed by atoms with Crippen molar-refractivity contribution in [3.8, 4) is 11.3 Å². The van der Waals surface area contributed by atoms with Gasteiger partial charge in [0.2, 0.25) is 0 Å². The first-order valence-electron chi connectivity index (χ1n) is 8.49. The van der Waals surface area contributed by atoms with Gasteiger partial charge in [0.25, 0.3) is 0 Å². The monoisotopic (exact) mass is 345 g/mol. The minimum Gasteiger partial charge on any atom is -0.384 e. The molecule has 0 atom stereocenters. The van der Waals surface area contributed by atoms with E-state index in [1.165, 1.54) is 0 Å². The number of nitrogen functional groups attached to an aromatic ring is 1. The summed E-state index contributed by atoms with van der Waals surface area (Å²) in [6.07, 6.45) is 3.98. The van der Waals surface area contributed by atoms with Crippen molar-refractivity contribution in [1.29, 1.82) is 0 Å². The average molecular weight is 345 g/mol. The molecule has 0 saturated carbocycles. The lowest BCUT2D eigenvalue weighted by molar-refractivity contribution is 0.782. The number of hydrogen-bond acceptors (Lipinski definition) is 3. The Morgan fingerprint density at radius 2 is 1.81 bits per heavy atom. The molecule has 2 aromatic carbocycles. The van der Waals surface area contributed by atoms with Crippen LogP contribution in [0.15, 0.2) is 77.8 Å². The van der Waals surface area contributed by atoms with Crippen LogP contribution in [0.4, 0.5) is 17.2 Å². The van der Waals surface area contributed by atoms with E-state index in [9.17, 15) is 0 Å². The molecule has 1 heterocycles. The number of aryl methyl sites for hydroxylation is 1. The number of nitrogens with two attached hydrogens (primary N) is 1. The predicted octanol–water partition coefficient (Wildman–Crippen LogP) is 4.41. The van der Waals surface area contributed by atoms with Crippen molar-refractivity contribution in [1.82, 2.24) is 9.78 Å². The Morgan fingerprint density at radius 3 is 2.46 bits per heavy atom. The standard InChI is InChI=1S/C21H23N5/c1-4-10-21(25(2)16-11-6-5-7-12-16)23-18-14-9-8-13-17(18)19-15-20(22)26(3)24-19/h4-15H,22H2,1-3H3/b10-4-,23-21?. The Balaban J connectivity index is 2.06. The topological polar surface area (TPSA) is 59.4 Å². The number of amidine groups is 1. The van der Waals surface area contributed by atoms with Gasteiger partial charge in [-0.15, -0.1) is 0 Å². The second-order valence-electron chi connectivity index (χ2n) is 5.96. The minimum atomic E-state index is 0.619. The van der Waals surface area contributed by atoms with E-state index in [1.807, 2.05) is 81.7 Å². The van der Waals surface area contributed by atoms with Crippen molar-refractivity contribution in [2.45, 2.75) is 6.92 Å². The highest BCUT2D eigenvalue weighted by Gasteiger charge is 2.11. The molecule has 1 aromatic heterocycles. The number of benzene rings is 2. The first-order chi connectivity index (χ1) is 12.6. The smallest absolute Gasteiger partial charge is 0.133 e. The summed E-state index contributed by atoms with van der Waals surface area (Å²) in [7, 11) is 3.84. The fraction of sp³-hybridized carbons (Fsp3) is 0.143. The Labute approximate surface area is 154 Å². The van der Waals surface area contributed by atoms with Crippen LogP contribution in [0.5, 0.6) is 0 Å². The van der Waals surface area contributed by atoms with Crippen LogP contribution < -0.4 is 10.6 Å². The molecule has 3 aromatic rings. The second kappa shape index (κ2) is 7.70. The largest absolute Gasteiger partial charge is 0.384 e. The van der Waals surface area contributed by atoms with E-state index in [0.717, 1.165) is 28.5 Å². The van der Waals surface area contributed by atoms with Gasteiger partial charge in [0.1, 0.15) is 11.7 Å². The molecule has 5 heteroatoms. The number of aliphatic imine (C=N–C) groups is 1. The van der Waals surface area contributed by atoms with E-state index < -0.39 is 0 Å². The lowest BCUT2D eigenvalue weighted by atomic mass is 10.1. The van der Waals surface area contributed by atoms with Gasteiger partial charge < -0.3 is 10.6 Å². The molecule has 2 N–H and O–H groups in total. The van der Waals surface area contributed by atoms with Gasteiger partial charge in [0.15, 0.2) is 0 Å². The zero-order valence-corrected chi connectivity index (χ0v) is 15.3. The molecule has 0 aliphatic rings. The summed E-state index contributed by atoms with van der Waals surface area (Å²) < 4.78 is 1.67. The average Bonchev–Trinajstić information content (AvgIpc) is 3.00. The normalized spacial score (nSPS) is 11.9. The van der Waals surface area contributed by atoms with Gasteiger partial charge in [-0.25, -0.2) is 4.99 Å². The van der Waals surface area contributed by atoms with Gasteiger partial charge in [-0.05, 0) is 31.2 Å².